The van der Waals surface area contributed by atoms with Crippen LogP contribution in [0, 0.1) is 0 Å². The smallest absolute Gasteiger partial charge is 0.303 e. The van der Waals surface area contributed by atoms with E-state index in [4.69, 9.17) is 21.4 Å². The topological polar surface area (TPSA) is 63.5 Å². The fourth-order valence-corrected chi connectivity index (χ4v) is 3.32. The lowest BCUT2D eigenvalue weighted by Crippen LogP contribution is -2.28. The van der Waals surface area contributed by atoms with Crippen LogP contribution in [0.3, 0.4) is 0 Å². The van der Waals surface area contributed by atoms with E-state index in [1.807, 2.05) is 12.1 Å². The molecule has 5 nitrogen and oxygen atoms in total. The summed E-state index contributed by atoms with van der Waals surface area (Å²) in [5.74, 6) is -0.0231. The van der Waals surface area contributed by atoms with Gasteiger partial charge in [0.25, 0.3) is 0 Å². The maximum absolute atomic E-state index is 10.9. The highest BCUT2D eigenvalue weighted by atomic mass is 35.5. The van der Waals surface area contributed by atoms with Gasteiger partial charge in [-0.2, -0.15) is 0 Å². The van der Waals surface area contributed by atoms with Crippen LogP contribution in [0.1, 0.15) is 17.7 Å². The summed E-state index contributed by atoms with van der Waals surface area (Å²) >= 11 is 6.39. The van der Waals surface area contributed by atoms with Gasteiger partial charge in [0.05, 0.1) is 17.6 Å². The maximum atomic E-state index is 10.9. The van der Waals surface area contributed by atoms with E-state index in [0.29, 0.717) is 11.4 Å². The van der Waals surface area contributed by atoms with Crippen LogP contribution in [0.4, 0.5) is 0 Å². The molecule has 3 rings (SSSR count). The van der Waals surface area contributed by atoms with Gasteiger partial charge in [0.1, 0.15) is 5.75 Å². The Labute approximate surface area is 127 Å². The normalized spacial score (nSPS) is 14.2. The first kappa shape index (κ1) is 14.2. The van der Waals surface area contributed by atoms with Gasteiger partial charge in [0.15, 0.2) is 0 Å². The number of aromatic nitrogens is 1. The number of ether oxygens (including phenoxy) is 1. The van der Waals surface area contributed by atoms with E-state index in [0.717, 1.165) is 47.5 Å². The minimum atomic E-state index is -0.800. The van der Waals surface area contributed by atoms with Crippen molar-refractivity contribution >= 4 is 28.5 Å². The van der Waals surface area contributed by atoms with Crippen LogP contribution < -0.4 is 10.1 Å². The zero-order valence-electron chi connectivity index (χ0n) is 11.8. The number of aryl methyl sites for hydroxylation is 1. The number of rotatable bonds is 4. The van der Waals surface area contributed by atoms with E-state index < -0.39 is 5.97 Å². The molecule has 1 aliphatic rings. The molecule has 21 heavy (non-hydrogen) atoms. The van der Waals surface area contributed by atoms with Crippen LogP contribution >= 0.6 is 11.6 Å². The summed E-state index contributed by atoms with van der Waals surface area (Å²) < 4.78 is 7.67. The van der Waals surface area contributed by atoms with Crippen molar-refractivity contribution in [1.29, 1.82) is 0 Å². The van der Waals surface area contributed by atoms with Gasteiger partial charge in [-0.15, -0.1) is 0 Å². The number of carboxylic acids is 1. The number of nitrogens with zero attached hydrogens (tertiary/aromatic N) is 1. The van der Waals surface area contributed by atoms with Gasteiger partial charge in [0.2, 0.25) is 0 Å². The van der Waals surface area contributed by atoms with E-state index in [2.05, 4.69) is 9.88 Å². The molecule has 0 saturated heterocycles. The number of carbonyl (C=O) groups is 1. The third-order valence-corrected chi connectivity index (χ3v) is 4.26. The van der Waals surface area contributed by atoms with Gasteiger partial charge in [-0.05, 0) is 24.1 Å². The molecule has 112 valence electrons. The van der Waals surface area contributed by atoms with Crippen LogP contribution in [-0.2, 0) is 24.3 Å². The van der Waals surface area contributed by atoms with Gasteiger partial charge >= 0.3 is 5.97 Å². The van der Waals surface area contributed by atoms with Gasteiger partial charge < -0.3 is 19.7 Å². The van der Waals surface area contributed by atoms with Crippen LogP contribution in [0.5, 0.6) is 5.75 Å². The molecule has 0 atom stereocenters. The first-order chi connectivity index (χ1) is 10.1. The highest BCUT2D eigenvalue weighted by Gasteiger charge is 2.24. The second-order valence-corrected chi connectivity index (χ2v) is 5.53. The molecule has 1 aromatic heterocycles. The van der Waals surface area contributed by atoms with Crippen LogP contribution in [-0.4, -0.2) is 29.3 Å². The lowest BCUT2D eigenvalue weighted by molar-refractivity contribution is -0.136. The number of carboxylic acid groups (broad SMARTS) is 1. The Morgan fingerprint density at radius 3 is 3.05 bits per heavy atom. The summed E-state index contributed by atoms with van der Waals surface area (Å²) in [6, 6.07) is 3.67. The molecule has 0 bridgehead atoms. The van der Waals surface area contributed by atoms with Crippen molar-refractivity contribution < 1.29 is 14.6 Å². The highest BCUT2D eigenvalue weighted by Crippen LogP contribution is 2.39. The summed E-state index contributed by atoms with van der Waals surface area (Å²) in [5.41, 5.74) is 3.11. The maximum Gasteiger partial charge on any atom is 0.303 e. The van der Waals surface area contributed by atoms with Crippen molar-refractivity contribution in [1.82, 2.24) is 9.88 Å². The molecule has 0 fully saturated rings. The van der Waals surface area contributed by atoms with E-state index in [-0.39, 0.29) is 6.42 Å². The van der Waals surface area contributed by atoms with Gasteiger partial charge in [-0.3, -0.25) is 4.79 Å². The number of aliphatic carboxylic acids is 1. The molecular weight excluding hydrogens is 292 g/mol. The third-order valence-electron chi connectivity index (χ3n) is 3.95. The number of fused-ring (bicyclic) bond motifs is 3. The number of hydrogen-bond acceptors (Lipinski definition) is 3. The molecule has 0 aliphatic carbocycles. The van der Waals surface area contributed by atoms with Gasteiger partial charge in [-0.1, -0.05) is 11.6 Å². The number of halogens is 1. The Kier molecular flexibility index (Phi) is 3.78. The molecule has 1 aromatic carbocycles. The van der Waals surface area contributed by atoms with E-state index in [1.54, 1.807) is 7.11 Å². The van der Waals surface area contributed by atoms with Crippen LogP contribution in [0.25, 0.3) is 10.9 Å². The molecule has 2 heterocycles. The molecular formula is C15H17ClN2O3. The summed E-state index contributed by atoms with van der Waals surface area (Å²) in [5, 5.41) is 13.9. The SMILES string of the molecule is COc1ccc(Cl)c2c(CCC(=O)O)c3n(c12)CCNC3. The molecule has 0 radical (unpaired) electrons. The van der Waals surface area contributed by atoms with Crippen molar-refractivity contribution in [3.05, 3.63) is 28.4 Å². The van der Waals surface area contributed by atoms with Gasteiger partial charge in [-0.25, -0.2) is 0 Å². The van der Waals surface area contributed by atoms with Crippen molar-refractivity contribution in [3.8, 4) is 5.75 Å². The van der Waals surface area contributed by atoms with E-state index >= 15 is 0 Å². The number of benzene rings is 1. The van der Waals surface area contributed by atoms with Crippen LogP contribution in [0.2, 0.25) is 5.02 Å². The second-order valence-electron chi connectivity index (χ2n) is 5.12. The zero-order valence-corrected chi connectivity index (χ0v) is 12.5. The standard InChI is InChI=1S/C15H17ClN2O3/c1-21-12-4-3-10(16)14-9(2-5-13(19)20)11-8-17-6-7-18(11)15(12)14/h3-4,17H,2,5-8H2,1H3,(H,19,20). The largest absolute Gasteiger partial charge is 0.495 e. The molecule has 0 saturated carbocycles. The van der Waals surface area contributed by atoms with Crippen LogP contribution in [0.15, 0.2) is 12.1 Å². The third kappa shape index (κ3) is 2.36. The quantitative estimate of drug-likeness (QED) is 0.910. The molecule has 1 aliphatic heterocycles. The van der Waals surface area contributed by atoms with E-state index in [1.165, 1.54) is 0 Å². The van der Waals surface area contributed by atoms with Crippen molar-refractivity contribution in [2.75, 3.05) is 13.7 Å². The fourth-order valence-electron chi connectivity index (χ4n) is 3.06. The monoisotopic (exact) mass is 308 g/mol. The minimum absolute atomic E-state index is 0.0969. The van der Waals surface area contributed by atoms with E-state index in [9.17, 15) is 4.79 Å². The molecule has 0 amide bonds. The Hall–Kier alpha value is -1.72. The number of nitrogens with one attached hydrogen (secondary N) is 1. The molecule has 2 N–H and O–H groups in total. The Bertz CT molecular complexity index is 709. The average Bonchev–Trinajstić information content (AvgIpc) is 2.81. The minimum Gasteiger partial charge on any atom is -0.495 e. The van der Waals surface area contributed by atoms with Crippen molar-refractivity contribution in [2.24, 2.45) is 0 Å². The molecule has 2 aromatic rings. The molecule has 6 heteroatoms. The lowest BCUT2D eigenvalue weighted by atomic mass is 10.0. The zero-order chi connectivity index (χ0) is 15.0. The summed E-state index contributed by atoms with van der Waals surface area (Å²) in [6.07, 6.45) is 0.572. The fraction of sp³-hybridized carbons (Fsp3) is 0.400. The Morgan fingerprint density at radius 1 is 1.52 bits per heavy atom. The predicted molar refractivity (Wildman–Crippen MR) is 81.2 cm³/mol. The Morgan fingerprint density at radius 2 is 2.33 bits per heavy atom. The van der Waals surface area contributed by atoms with Gasteiger partial charge in [0, 0.05) is 37.1 Å². The first-order valence-electron chi connectivity index (χ1n) is 6.92. The first-order valence-corrected chi connectivity index (χ1v) is 7.30. The number of hydrogen-bond donors (Lipinski definition) is 2. The van der Waals surface area contributed by atoms with Crippen molar-refractivity contribution in [2.45, 2.75) is 25.9 Å². The second kappa shape index (κ2) is 5.58. The summed E-state index contributed by atoms with van der Waals surface area (Å²) in [4.78, 5) is 10.9. The molecule has 0 spiro atoms. The van der Waals surface area contributed by atoms with Crippen molar-refractivity contribution in [3.63, 3.8) is 0 Å². The molecule has 0 unspecified atom stereocenters. The summed E-state index contributed by atoms with van der Waals surface area (Å²) in [6.45, 7) is 2.43. The summed E-state index contributed by atoms with van der Waals surface area (Å²) in [7, 11) is 1.64. The average molecular weight is 309 g/mol. The Balaban J connectivity index is 2.26. The lowest BCUT2D eigenvalue weighted by Gasteiger charge is -2.19. The predicted octanol–water partition coefficient (Wildman–Crippen LogP) is 2.42. The highest BCUT2D eigenvalue weighted by molar-refractivity contribution is 6.36. The number of methoxy groups -OCH3 is 1.